The number of benzene rings is 2. The maximum Gasteiger partial charge on any atom is 0.230 e. The molecule has 0 saturated heterocycles. The van der Waals surface area contributed by atoms with E-state index in [2.05, 4.69) is 15.6 Å². The highest BCUT2D eigenvalue weighted by molar-refractivity contribution is 7.22. The molecule has 0 bridgehead atoms. The van der Waals surface area contributed by atoms with Crippen LogP contribution >= 0.6 is 11.3 Å². The molecule has 0 radical (unpaired) electrons. The van der Waals surface area contributed by atoms with Crippen molar-refractivity contribution in [2.24, 2.45) is 0 Å². The average molecular weight is 339 g/mol. The summed E-state index contributed by atoms with van der Waals surface area (Å²) in [7, 11) is 0. The van der Waals surface area contributed by atoms with Crippen LogP contribution in [0.4, 0.5) is 10.8 Å². The zero-order valence-electron chi connectivity index (χ0n) is 13.4. The maximum absolute atomic E-state index is 12.2. The maximum atomic E-state index is 12.2. The summed E-state index contributed by atoms with van der Waals surface area (Å²) in [5.41, 5.74) is 3.64. The first-order valence-electron chi connectivity index (χ1n) is 7.53. The van der Waals surface area contributed by atoms with Gasteiger partial charge in [0.25, 0.3) is 0 Å². The van der Waals surface area contributed by atoms with Gasteiger partial charge in [-0.1, -0.05) is 41.2 Å². The van der Waals surface area contributed by atoms with Gasteiger partial charge in [-0.25, -0.2) is 4.98 Å². The normalized spacial score (nSPS) is 10.6. The lowest BCUT2D eigenvalue weighted by atomic mass is 10.1. The van der Waals surface area contributed by atoms with Crippen molar-refractivity contribution in [3.63, 3.8) is 0 Å². The summed E-state index contributed by atoms with van der Waals surface area (Å²) in [6, 6.07) is 13.4. The molecule has 1 heterocycles. The van der Waals surface area contributed by atoms with Crippen molar-refractivity contribution < 1.29 is 9.59 Å². The highest BCUT2D eigenvalue weighted by atomic mass is 32.1. The van der Waals surface area contributed by atoms with Gasteiger partial charge >= 0.3 is 0 Å². The smallest absolute Gasteiger partial charge is 0.230 e. The van der Waals surface area contributed by atoms with E-state index in [1.165, 1.54) is 23.8 Å². The number of thiazole rings is 1. The van der Waals surface area contributed by atoms with Crippen LogP contribution in [0.3, 0.4) is 0 Å². The van der Waals surface area contributed by atoms with E-state index in [-0.39, 0.29) is 11.8 Å². The molecule has 0 aliphatic heterocycles. The van der Waals surface area contributed by atoms with Gasteiger partial charge in [0.1, 0.15) is 0 Å². The van der Waals surface area contributed by atoms with E-state index in [9.17, 15) is 9.59 Å². The third-order valence-corrected chi connectivity index (χ3v) is 4.37. The van der Waals surface area contributed by atoms with Crippen molar-refractivity contribution in [2.75, 3.05) is 10.6 Å². The second-order valence-electron chi connectivity index (χ2n) is 5.59. The molecule has 2 N–H and O–H groups in total. The van der Waals surface area contributed by atoms with Gasteiger partial charge in [-0.05, 0) is 30.7 Å². The van der Waals surface area contributed by atoms with E-state index in [1.807, 2.05) is 43.3 Å². The predicted octanol–water partition coefficient (Wildman–Crippen LogP) is 3.74. The molecule has 2 aromatic carbocycles. The quantitative estimate of drug-likeness (QED) is 0.760. The van der Waals surface area contributed by atoms with Crippen molar-refractivity contribution in [1.82, 2.24) is 4.98 Å². The summed E-state index contributed by atoms with van der Waals surface area (Å²) < 4.78 is 0.909. The molecule has 5 nitrogen and oxygen atoms in total. The van der Waals surface area contributed by atoms with Gasteiger partial charge < -0.3 is 10.6 Å². The molecule has 0 saturated carbocycles. The van der Waals surface area contributed by atoms with Crippen molar-refractivity contribution in [3.05, 3.63) is 53.6 Å². The number of anilines is 2. The second kappa shape index (κ2) is 6.80. The number of carbonyl (C=O) groups excluding carboxylic acids is 2. The van der Waals surface area contributed by atoms with Gasteiger partial charge in [0, 0.05) is 12.6 Å². The third-order valence-electron chi connectivity index (χ3n) is 3.44. The standard InChI is InChI=1S/C18H17N3O2S/c1-11-3-5-13(6-4-11)9-17(23)21-18-20-15-8-7-14(19-12(2)22)10-16(15)24-18/h3-8,10H,9H2,1-2H3,(H,19,22)(H,20,21,23). The Hall–Kier alpha value is -2.73. The zero-order valence-corrected chi connectivity index (χ0v) is 14.2. The lowest BCUT2D eigenvalue weighted by molar-refractivity contribution is -0.116. The van der Waals surface area contributed by atoms with Crippen LogP contribution in [0.5, 0.6) is 0 Å². The number of nitrogens with one attached hydrogen (secondary N) is 2. The first kappa shape index (κ1) is 16.1. The molecule has 0 atom stereocenters. The third kappa shape index (κ3) is 3.97. The van der Waals surface area contributed by atoms with Crippen LogP contribution in [-0.2, 0) is 16.0 Å². The number of carbonyl (C=O) groups is 2. The molecule has 2 amide bonds. The van der Waals surface area contributed by atoms with Crippen molar-refractivity contribution in [3.8, 4) is 0 Å². The first-order valence-corrected chi connectivity index (χ1v) is 8.35. The molecule has 6 heteroatoms. The number of fused-ring (bicyclic) bond motifs is 1. The molecule has 3 aromatic rings. The predicted molar refractivity (Wildman–Crippen MR) is 97.4 cm³/mol. The van der Waals surface area contributed by atoms with Gasteiger partial charge in [-0.2, -0.15) is 0 Å². The molecule has 0 unspecified atom stereocenters. The molecule has 0 aliphatic carbocycles. The van der Waals surface area contributed by atoms with Crippen molar-refractivity contribution in [1.29, 1.82) is 0 Å². The number of nitrogens with zero attached hydrogens (tertiary/aromatic N) is 1. The van der Waals surface area contributed by atoms with Crippen LogP contribution in [0.15, 0.2) is 42.5 Å². The van der Waals surface area contributed by atoms with E-state index in [4.69, 9.17) is 0 Å². The summed E-state index contributed by atoms with van der Waals surface area (Å²) in [4.78, 5) is 27.7. The molecule has 1 aromatic heterocycles. The molecule has 122 valence electrons. The second-order valence-corrected chi connectivity index (χ2v) is 6.62. The summed E-state index contributed by atoms with van der Waals surface area (Å²) >= 11 is 1.39. The average Bonchev–Trinajstić information content (AvgIpc) is 2.90. The molecule has 3 rings (SSSR count). The Morgan fingerprint density at radius 2 is 1.83 bits per heavy atom. The topological polar surface area (TPSA) is 71.1 Å². The van der Waals surface area contributed by atoms with E-state index in [0.717, 1.165) is 21.5 Å². The summed E-state index contributed by atoms with van der Waals surface area (Å²) in [6.07, 6.45) is 0.313. The van der Waals surface area contributed by atoms with Gasteiger partial charge in [0.2, 0.25) is 11.8 Å². The monoisotopic (exact) mass is 339 g/mol. The van der Waals surface area contributed by atoms with Crippen LogP contribution < -0.4 is 10.6 Å². The fourth-order valence-corrected chi connectivity index (χ4v) is 3.24. The largest absolute Gasteiger partial charge is 0.326 e. The minimum absolute atomic E-state index is 0.0972. The number of aryl methyl sites for hydroxylation is 1. The van der Waals surface area contributed by atoms with E-state index < -0.39 is 0 Å². The Morgan fingerprint density at radius 1 is 1.08 bits per heavy atom. The Kier molecular flexibility index (Phi) is 4.57. The highest BCUT2D eigenvalue weighted by Gasteiger charge is 2.09. The molecular weight excluding hydrogens is 322 g/mol. The van der Waals surface area contributed by atoms with E-state index >= 15 is 0 Å². The summed E-state index contributed by atoms with van der Waals surface area (Å²) in [5.74, 6) is -0.217. The Labute approximate surface area is 143 Å². The summed E-state index contributed by atoms with van der Waals surface area (Å²) in [5, 5.41) is 6.13. The fourth-order valence-electron chi connectivity index (χ4n) is 2.31. The number of hydrogen-bond donors (Lipinski definition) is 2. The Bertz CT molecular complexity index is 900. The van der Waals surface area contributed by atoms with Crippen LogP contribution in [0.1, 0.15) is 18.1 Å². The highest BCUT2D eigenvalue weighted by Crippen LogP contribution is 2.28. The number of hydrogen-bond acceptors (Lipinski definition) is 4. The van der Waals surface area contributed by atoms with Crippen molar-refractivity contribution >= 4 is 44.2 Å². The summed E-state index contributed by atoms with van der Waals surface area (Å²) in [6.45, 7) is 3.48. The van der Waals surface area contributed by atoms with Crippen LogP contribution in [-0.4, -0.2) is 16.8 Å². The zero-order chi connectivity index (χ0) is 17.1. The number of rotatable bonds is 4. The molecule has 0 aliphatic rings. The first-order chi connectivity index (χ1) is 11.5. The molecule has 24 heavy (non-hydrogen) atoms. The lowest BCUT2D eigenvalue weighted by Gasteiger charge is -2.02. The molecular formula is C18H17N3O2S. The Balaban J connectivity index is 1.71. The Morgan fingerprint density at radius 3 is 2.54 bits per heavy atom. The van der Waals surface area contributed by atoms with Gasteiger partial charge in [-0.15, -0.1) is 0 Å². The number of amides is 2. The minimum Gasteiger partial charge on any atom is -0.326 e. The van der Waals surface area contributed by atoms with Crippen molar-refractivity contribution in [2.45, 2.75) is 20.3 Å². The fraction of sp³-hybridized carbons (Fsp3) is 0.167. The van der Waals surface area contributed by atoms with Crippen LogP contribution in [0.2, 0.25) is 0 Å². The molecule has 0 fully saturated rings. The van der Waals surface area contributed by atoms with Gasteiger partial charge in [-0.3, -0.25) is 9.59 Å². The van der Waals surface area contributed by atoms with Gasteiger partial charge in [0.15, 0.2) is 5.13 Å². The molecule has 0 spiro atoms. The van der Waals surface area contributed by atoms with E-state index in [0.29, 0.717) is 11.6 Å². The minimum atomic E-state index is -0.120. The van der Waals surface area contributed by atoms with E-state index in [1.54, 1.807) is 6.07 Å². The van der Waals surface area contributed by atoms with Gasteiger partial charge in [0.05, 0.1) is 16.6 Å². The lowest BCUT2D eigenvalue weighted by Crippen LogP contribution is -2.14. The SMILES string of the molecule is CC(=O)Nc1ccc2nc(NC(=O)Cc3ccc(C)cc3)sc2c1. The van der Waals surface area contributed by atoms with Crippen LogP contribution in [0.25, 0.3) is 10.2 Å². The number of aromatic nitrogens is 1. The van der Waals surface area contributed by atoms with Crippen LogP contribution in [0, 0.1) is 6.92 Å².